The highest BCUT2D eigenvalue weighted by Gasteiger charge is 2.19. The molecular formula is C11H15N5. The minimum Gasteiger partial charge on any atom is -0.352 e. The van der Waals surface area contributed by atoms with Crippen molar-refractivity contribution in [3.63, 3.8) is 0 Å². The van der Waals surface area contributed by atoms with Crippen LogP contribution in [0.2, 0.25) is 0 Å². The third kappa shape index (κ3) is 2.12. The van der Waals surface area contributed by atoms with Crippen LogP contribution < -0.4 is 4.90 Å². The molecule has 0 aliphatic carbocycles. The van der Waals surface area contributed by atoms with Gasteiger partial charge in [0.15, 0.2) is 11.5 Å². The Hall–Kier alpha value is -1.67. The fourth-order valence-electron chi connectivity index (χ4n) is 1.92. The number of rotatable bonds is 2. The number of piperazine rings is 1. The molecule has 0 amide bonds. The van der Waals surface area contributed by atoms with Crippen molar-refractivity contribution in [1.29, 1.82) is 5.26 Å². The van der Waals surface area contributed by atoms with Crippen molar-refractivity contribution < 1.29 is 0 Å². The van der Waals surface area contributed by atoms with E-state index in [1.807, 2.05) is 0 Å². The molecule has 5 heteroatoms. The molecular weight excluding hydrogens is 202 g/mol. The summed E-state index contributed by atoms with van der Waals surface area (Å²) in [6, 6.07) is 2.09. The summed E-state index contributed by atoms with van der Waals surface area (Å²) in [6.45, 7) is 7.14. The van der Waals surface area contributed by atoms with Gasteiger partial charge >= 0.3 is 0 Å². The van der Waals surface area contributed by atoms with Gasteiger partial charge in [0.1, 0.15) is 6.07 Å². The molecule has 1 aliphatic heterocycles. The molecule has 5 nitrogen and oxygen atoms in total. The van der Waals surface area contributed by atoms with Crippen LogP contribution in [0.1, 0.15) is 12.6 Å². The van der Waals surface area contributed by atoms with Crippen LogP contribution in [0.4, 0.5) is 5.82 Å². The SMILES string of the molecule is CCN1CCN(c2nccnc2C#N)CC1. The second-order valence-electron chi connectivity index (χ2n) is 3.76. The average molecular weight is 217 g/mol. The van der Waals surface area contributed by atoms with Crippen LogP contribution >= 0.6 is 0 Å². The first-order valence-electron chi connectivity index (χ1n) is 5.53. The number of likely N-dealkylation sites (N-methyl/N-ethyl adjacent to an activating group) is 1. The smallest absolute Gasteiger partial charge is 0.183 e. The summed E-state index contributed by atoms with van der Waals surface area (Å²) in [7, 11) is 0. The fourth-order valence-corrected chi connectivity index (χ4v) is 1.92. The molecule has 0 saturated carbocycles. The van der Waals surface area contributed by atoms with Gasteiger partial charge in [-0.3, -0.25) is 0 Å². The normalized spacial score (nSPS) is 17.1. The molecule has 84 valence electrons. The van der Waals surface area contributed by atoms with Gasteiger partial charge in [-0.2, -0.15) is 5.26 Å². The van der Waals surface area contributed by atoms with Crippen molar-refractivity contribution in [2.75, 3.05) is 37.6 Å². The molecule has 1 fully saturated rings. The topological polar surface area (TPSA) is 56.1 Å². The Kier molecular flexibility index (Phi) is 3.32. The largest absolute Gasteiger partial charge is 0.352 e. The highest BCUT2D eigenvalue weighted by Crippen LogP contribution is 2.15. The molecule has 1 aromatic rings. The Bertz CT molecular complexity index is 390. The van der Waals surface area contributed by atoms with Crippen molar-refractivity contribution >= 4 is 5.82 Å². The average Bonchev–Trinajstić information content (AvgIpc) is 2.39. The van der Waals surface area contributed by atoms with Gasteiger partial charge in [-0.25, -0.2) is 9.97 Å². The molecule has 0 atom stereocenters. The van der Waals surface area contributed by atoms with E-state index in [4.69, 9.17) is 5.26 Å². The fraction of sp³-hybridized carbons (Fsp3) is 0.545. The van der Waals surface area contributed by atoms with Crippen LogP contribution in [0.5, 0.6) is 0 Å². The van der Waals surface area contributed by atoms with E-state index in [0.29, 0.717) is 5.69 Å². The molecule has 0 N–H and O–H groups in total. The predicted octanol–water partition coefficient (Wildman–Crippen LogP) is 0.490. The Morgan fingerprint density at radius 1 is 1.25 bits per heavy atom. The summed E-state index contributed by atoms with van der Waals surface area (Å²) in [4.78, 5) is 12.8. The van der Waals surface area contributed by atoms with Crippen LogP contribution in [0, 0.1) is 11.3 Å². The van der Waals surface area contributed by atoms with Crippen molar-refractivity contribution in [2.24, 2.45) is 0 Å². The summed E-state index contributed by atoms with van der Waals surface area (Å²) in [6.07, 6.45) is 3.20. The van der Waals surface area contributed by atoms with Gasteiger partial charge in [-0.1, -0.05) is 6.92 Å². The third-order valence-corrected chi connectivity index (χ3v) is 2.90. The second kappa shape index (κ2) is 4.90. The van der Waals surface area contributed by atoms with Gasteiger partial charge in [-0.05, 0) is 6.54 Å². The van der Waals surface area contributed by atoms with Gasteiger partial charge < -0.3 is 9.80 Å². The summed E-state index contributed by atoms with van der Waals surface area (Å²) in [5.41, 5.74) is 0.424. The Morgan fingerprint density at radius 2 is 1.94 bits per heavy atom. The lowest BCUT2D eigenvalue weighted by atomic mass is 10.3. The molecule has 0 radical (unpaired) electrons. The summed E-state index contributed by atoms with van der Waals surface area (Å²) in [5.74, 6) is 0.723. The van der Waals surface area contributed by atoms with Gasteiger partial charge in [0.05, 0.1) is 0 Å². The van der Waals surface area contributed by atoms with E-state index in [9.17, 15) is 0 Å². The number of anilines is 1. The molecule has 0 unspecified atom stereocenters. The zero-order valence-corrected chi connectivity index (χ0v) is 9.43. The van der Waals surface area contributed by atoms with E-state index in [0.717, 1.165) is 38.5 Å². The highest BCUT2D eigenvalue weighted by molar-refractivity contribution is 5.49. The Balaban J connectivity index is 2.11. The minimum atomic E-state index is 0.424. The summed E-state index contributed by atoms with van der Waals surface area (Å²) in [5, 5.41) is 8.96. The lowest BCUT2D eigenvalue weighted by Crippen LogP contribution is -2.46. The molecule has 16 heavy (non-hydrogen) atoms. The first-order valence-corrected chi connectivity index (χ1v) is 5.53. The Labute approximate surface area is 95.3 Å². The quantitative estimate of drug-likeness (QED) is 0.721. The Morgan fingerprint density at radius 3 is 2.56 bits per heavy atom. The summed E-state index contributed by atoms with van der Waals surface area (Å²) >= 11 is 0. The van der Waals surface area contributed by atoms with Crippen molar-refractivity contribution in [2.45, 2.75) is 6.92 Å². The monoisotopic (exact) mass is 217 g/mol. The second-order valence-corrected chi connectivity index (χ2v) is 3.76. The van der Waals surface area contributed by atoms with Crippen molar-refractivity contribution in [3.8, 4) is 6.07 Å². The zero-order chi connectivity index (χ0) is 11.4. The van der Waals surface area contributed by atoms with Crippen LogP contribution in [0.15, 0.2) is 12.4 Å². The van der Waals surface area contributed by atoms with E-state index in [2.05, 4.69) is 32.8 Å². The minimum absolute atomic E-state index is 0.424. The first kappa shape index (κ1) is 10.8. The number of hydrogen-bond acceptors (Lipinski definition) is 5. The van der Waals surface area contributed by atoms with Crippen LogP contribution in [-0.4, -0.2) is 47.6 Å². The predicted molar refractivity (Wildman–Crippen MR) is 61.1 cm³/mol. The lowest BCUT2D eigenvalue weighted by Gasteiger charge is -2.34. The van der Waals surface area contributed by atoms with E-state index in [1.165, 1.54) is 0 Å². The van der Waals surface area contributed by atoms with Crippen molar-refractivity contribution in [1.82, 2.24) is 14.9 Å². The maximum Gasteiger partial charge on any atom is 0.183 e. The van der Waals surface area contributed by atoms with Crippen molar-refractivity contribution in [3.05, 3.63) is 18.1 Å². The van der Waals surface area contributed by atoms with Crippen LogP contribution in [0.3, 0.4) is 0 Å². The van der Waals surface area contributed by atoms with Crippen LogP contribution in [0.25, 0.3) is 0 Å². The first-order chi connectivity index (χ1) is 7.85. The third-order valence-electron chi connectivity index (χ3n) is 2.90. The van der Waals surface area contributed by atoms with E-state index in [-0.39, 0.29) is 0 Å². The maximum atomic E-state index is 8.96. The molecule has 1 aliphatic rings. The molecule has 0 aromatic carbocycles. The van der Waals surface area contributed by atoms with E-state index < -0.39 is 0 Å². The standard InChI is InChI=1S/C11H15N5/c1-2-15-5-7-16(8-6-15)11-10(9-12)13-3-4-14-11/h3-4H,2,5-8H2,1H3. The van der Waals surface area contributed by atoms with Gasteiger partial charge in [0.25, 0.3) is 0 Å². The molecule has 2 rings (SSSR count). The molecule has 1 aromatic heterocycles. The molecule has 0 bridgehead atoms. The molecule has 0 spiro atoms. The number of nitrogens with zero attached hydrogens (tertiary/aromatic N) is 5. The van der Waals surface area contributed by atoms with Gasteiger partial charge in [0.2, 0.25) is 0 Å². The van der Waals surface area contributed by atoms with Crippen LogP contribution in [-0.2, 0) is 0 Å². The zero-order valence-electron chi connectivity index (χ0n) is 9.43. The number of nitriles is 1. The van der Waals surface area contributed by atoms with Gasteiger partial charge in [-0.15, -0.1) is 0 Å². The van der Waals surface area contributed by atoms with E-state index in [1.54, 1.807) is 12.4 Å². The maximum absolute atomic E-state index is 8.96. The number of aromatic nitrogens is 2. The lowest BCUT2D eigenvalue weighted by molar-refractivity contribution is 0.270. The number of hydrogen-bond donors (Lipinski definition) is 0. The summed E-state index contributed by atoms with van der Waals surface area (Å²) < 4.78 is 0. The van der Waals surface area contributed by atoms with E-state index >= 15 is 0 Å². The molecule has 1 saturated heterocycles. The molecule has 2 heterocycles. The van der Waals surface area contributed by atoms with Gasteiger partial charge in [0, 0.05) is 38.6 Å². The highest BCUT2D eigenvalue weighted by atomic mass is 15.3.